The number of unbranched alkanes of at least 4 members (excludes halogenated alkanes) is 1. The highest BCUT2D eigenvalue weighted by molar-refractivity contribution is 7.10. The Labute approximate surface area is 142 Å². The lowest BCUT2D eigenvalue weighted by Crippen LogP contribution is -2.15. The summed E-state index contributed by atoms with van der Waals surface area (Å²) in [6.45, 7) is 5.76. The van der Waals surface area contributed by atoms with E-state index >= 15 is 0 Å². The van der Waals surface area contributed by atoms with E-state index in [0.717, 1.165) is 22.8 Å². The summed E-state index contributed by atoms with van der Waals surface area (Å²) in [4.78, 5) is 4.92. The van der Waals surface area contributed by atoms with E-state index in [1.54, 1.807) is 11.3 Å². The van der Waals surface area contributed by atoms with E-state index in [0.29, 0.717) is 19.1 Å². The molecule has 124 valence electrons. The van der Waals surface area contributed by atoms with Gasteiger partial charge >= 0.3 is 0 Å². The summed E-state index contributed by atoms with van der Waals surface area (Å²) in [7, 11) is 0. The van der Waals surface area contributed by atoms with Crippen LogP contribution in [-0.4, -0.2) is 18.2 Å². The Balaban J connectivity index is 1.80. The smallest absolute Gasteiger partial charge is 0.162 e. The van der Waals surface area contributed by atoms with Crippen molar-refractivity contribution in [1.29, 1.82) is 0 Å². The van der Waals surface area contributed by atoms with E-state index in [-0.39, 0.29) is 0 Å². The highest BCUT2D eigenvalue weighted by Crippen LogP contribution is 2.36. The van der Waals surface area contributed by atoms with E-state index in [2.05, 4.69) is 25.3 Å². The van der Waals surface area contributed by atoms with Crippen molar-refractivity contribution in [1.82, 2.24) is 4.98 Å². The van der Waals surface area contributed by atoms with Crippen LogP contribution in [0.1, 0.15) is 56.9 Å². The van der Waals surface area contributed by atoms with Crippen LogP contribution in [0.3, 0.4) is 0 Å². The molecule has 0 N–H and O–H groups in total. The molecule has 0 amide bonds. The first-order chi connectivity index (χ1) is 11.3. The number of fused-ring (bicyclic) bond motifs is 1. The van der Waals surface area contributed by atoms with Crippen molar-refractivity contribution < 1.29 is 9.47 Å². The van der Waals surface area contributed by atoms with Crippen LogP contribution >= 0.6 is 11.3 Å². The molecule has 0 saturated heterocycles. The highest BCUT2D eigenvalue weighted by atomic mass is 32.1. The summed E-state index contributed by atoms with van der Waals surface area (Å²) in [5.74, 6) is 2.28. The third-order valence-electron chi connectivity index (χ3n) is 4.25. The van der Waals surface area contributed by atoms with E-state index in [4.69, 9.17) is 14.5 Å². The summed E-state index contributed by atoms with van der Waals surface area (Å²) in [6, 6.07) is 6.12. The number of rotatable bonds is 7. The Hall–Kier alpha value is -1.55. The molecule has 1 unspecified atom stereocenters. The first kappa shape index (κ1) is 16.3. The summed E-state index contributed by atoms with van der Waals surface area (Å²) < 4.78 is 11.3. The van der Waals surface area contributed by atoms with Gasteiger partial charge in [0, 0.05) is 16.9 Å². The zero-order valence-electron chi connectivity index (χ0n) is 14.0. The summed E-state index contributed by atoms with van der Waals surface area (Å²) in [5.41, 5.74) is 2.17. The number of thiazole rings is 1. The van der Waals surface area contributed by atoms with Crippen LogP contribution in [0.15, 0.2) is 23.6 Å². The molecule has 1 aliphatic rings. The zero-order valence-corrected chi connectivity index (χ0v) is 14.8. The quantitative estimate of drug-likeness (QED) is 0.656. The molecule has 0 spiro atoms. The maximum absolute atomic E-state index is 5.68. The van der Waals surface area contributed by atoms with Gasteiger partial charge in [-0.15, -0.1) is 11.3 Å². The van der Waals surface area contributed by atoms with Crippen LogP contribution < -0.4 is 9.47 Å². The molecule has 1 atom stereocenters. The average Bonchev–Trinajstić information content (AvgIpc) is 3.08. The number of hydrogen-bond acceptors (Lipinski definition) is 4. The molecule has 0 radical (unpaired) electrons. The Morgan fingerprint density at radius 2 is 1.91 bits per heavy atom. The lowest BCUT2D eigenvalue weighted by Gasteiger charge is -2.18. The maximum Gasteiger partial charge on any atom is 0.162 e. The van der Waals surface area contributed by atoms with Gasteiger partial charge in [-0.3, -0.25) is 0 Å². The van der Waals surface area contributed by atoms with Crippen LogP contribution in [-0.2, 0) is 0 Å². The van der Waals surface area contributed by atoms with Gasteiger partial charge < -0.3 is 9.47 Å². The monoisotopic (exact) mass is 331 g/mol. The molecule has 1 aromatic carbocycles. The van der Waals surface area contributed by atoms with Crippen molar-refractivity contribution in [3.8, 4) is 22.8 Å². The van der Waals surface area contributed by atoms with Crippen molar-refractivity contribution in [3.63, 3.8) is 0 Å². The molecular weight excluding hydrogens is 306 g/mol. The third kappa shape index (κ3) is 3.86. The van der Waals surface area contributed by atoms with Gasteiger partial charge in [0.15, 0.2) is 11.5 Å². The number of nitrogens with zero attached hydrogens (tertiary/aromatic N) is 1. The first-order valence-electron chi connectivity index (χ1n) is 8.67. The Kier molecular flexibility index (Phi) is 5.55. The van der Waals surface area contributed by atoms with Crippen molar-refractivity contribution in [2.45, 2.75) is 51.9 Å². The maximum atomic E-state index is 5.68. The molecule has 1 aromatic heterocycles. The second-order valence-corrected chi connectivity index (χ2v) is 6.95. The van der Waals surface area contributed by atoms with Gasteiger partial charge in [-0.1, -0.05) is 33.1 Å². The van der Waals surface area contributed by atoms with E-state index in [1.165, 1.54) is 37.1 Å². The molecule has 0 aliphatic carbocycles. The fourth-order valence-electron chi connectivity index (χ4n) is 3.00. The van der Waals surface area contributed by atoms with E-state index in [9.17, 15) is 0 Å². The molecule has 3 rings (SSSR count). The summed E-state index contributed by atoms with van der Waals surface area (Å²) in [6.07, 6.45) is 6.23. The van der Waals surface area contributed by atoms with Gasteiger partial charge in [-0.2, -0.15) is 0 Å². The van der Waals surface area contributed by atoms with Crippen LogP contribution in [0.4, 0.5) is 0 Å². The van der Waals surface area contributed by atoms with Crippen LogP contribution in [0.2, 0.25) is 0 Å². The van der Waals surface area contributed by atoms with Crippen LogP contribution in [0.25, 0.3) is 11.3 Å². The first-order valence-corrected chi connectivity index (χ1v) is 9.55. The second kappa shape index (κ2) is 7.82. The number of ether oxygens (including phenoxy) is 2. The topological polar surface area (TPSA) is 31.4 Å². The van der Waals surface area contributed by atoms with Crippen molar-refractivity contribution in [3.05, 3.63) is 28.6 Å². The van der Waals surface area contributed by atoms with Gasteiger partial charge in [0.25, 0.3) is 0 Å². The van der Waals surface area contributed by atoms with Gasteiger partial charge in [-0.25, -0.2) is 4.98 Å². The molecule has 0 fully saturated rings. The SMILES string of the molecule is CCCCC(CCC)c1nc(-c2ccc3c(c2)OCCO3)cs1. The van der Waals surface area contributed by atoms with Crippen molar-refractivity contribution >= 4 is 11.3 Å². The largest absolute Gasteiger partial charge is 0.486 e. The molecular formula is C19H25NO2S. The third-order valence-corrected chi connectivity index (χ3v) is 5.26. The van der Waals surface area contributed by atoms with Gasteiger partial charge in [0.05, 0.1) is 10.7 Å². The lowest BCUT2D eigenvalue weighted by molar-refractivity contribution is 0.171. The molecule has 23 heavy (non-hydrogen) atoms. The predicted octanol–water partition coefficient (Wildman–Crippen LogP) is 5.66. The fraction of sp³-hybridized carbons (Fsp3) is 0.526. The summed E-state index contributed by atoms with van der Waals surface area (Å²) in [5, 5.41) is 3.46. The van der Waals surface area contributed by atoms with E-state index < -0.39 is 0 Å². The minimum atomic E-state index is 0.607. The zero-order chi connectivity index (χ0) is 16.1. The fourth-order valence-corrected chi connectivity index (χ4v) is 4.00. The highest BCUT2D eigenvalue weighted by Gasteiger charge is 2.17. The van der Waals surface area contributed by atoms with Gasteiger partial charge in [0.2, 0.25) is 0 Å². The minimum absolute atomic E-state index is 0.607. The molecule has 2 aromatic rings. The molecule has 0 bridgehead atoms. The molecule has 4 heteroatoms. The Morgan fingerprint density at radius 1 is 1.09 bits per heavy atom. The Bertz CT molecular complexity index is 638. The van der Waals surface area contributed by atoms with Crippen molar-refractivity contribution in [2.24, 2.45) is 0 Å². The standard InChI is InChI=1S/C19H25NO2S/c1-3-5-7-14(6-4-2)19-20-16(13-23-19)15-8-9-17-18(12-15)22-11-10-21-17/h8-9,12-14H,3-7,10-11H2,1-2H3. The lowest BCUT2D eigenvalue weighted by atomic mass is 9.98. The molecule has 2 heterocycles. The predicted molar refractivity (Wildman–Crippen MR) is 95.7 cm³/mol. The number of hydrogen-bond donors (Lipinski definition) is 0. The van der Waals surface area contributed by atoms with E-state index in [1.807, 2.05) is 12.1 Å². The normalized spacial score (nSPS) is 14.7. The molecule has 1 aliphatic heterocycles. The number of aromatic nitrogens is 1. The average molecular weight is 331 g/mol. The second-order valence-electron chi connectivity index (χ2n) is 6.06. The van der Waals surface area contributed by atoms with Gasteiger partial charge in [0.1, 0.15) is 13.2 Å². The minimum Gasteiger partial charge on any atom is -0.486 e. The van der Waals surface area contributed by atoms with Crippen LogP contribution in [0, 0.1) is 0 Å². The Morgan fingerprint density at radius 3 is 2.70 bits per heavy atom. The van der Waals surface area contributed by atoms with Crippen molar-refractivity contribution in [2.75, 3.05) is 13.2 Å². The number of benzene rings is 1. The summed E-state index contributed by atoms with van der Waals surface area (Å²) >= 11 is 1.80. The van der Waals surface area contributed by atoms with Crippen LogP contribution in [0.5, 0.6) is 11.5 Å². The van der Waals surface area contributed by atoms with Gasteiger partial charge in [-0.05, 0) is 31.0 Å². The molecule has 0 saturated carbocycles. The molecule has 3 nitrogen and oxygen atoms in total.